The van der Waals surface area contributed by atoms with Crippen molar-refractivity contribution in [2.75, 3.05) is 40.5 Å². The van der Waals surface area contributed by atoms with Crippen molar-refractivity contribution in [1.82, 2.24) is 4.90 Å². The largest absolute Gasteiger partial charge is 0.466 e. The van der Waals surface area contributed by atoms with Gasteiger partial charge in [-0.15, -0.1) is 0 Å². The number of hydrogen-bond donors (Lipinski definition) is 0. The highest BCUT2D eigenvalue weighted by Crippen LogP contribution is 2.18. The smallest absolute Gasteiger partial charge is 0.331 e. The van der Waals surface area contributed by atoms with Crippen LogP contribution in [0.5, 0.6) is 0 Å². The van der Waals surface area contributed by atoms with Crippen molar-refractivity contribution in [1.29, 1.82) is 0 Å². The molecule has 0 aliphatic carbocycles. The molecule has 1 saturated heterocycles. The van der Waals surface area contributed by atoms with Crippen LogP contribution in [-0.2, 0) is 38.1 Å². The summed E-state index contributed by atoms with van der Waals surface area (Å²) in [7, 11) is 2.38. The molecular formula is C19H27NO8. The number of esters is 4. The van der Waals surface area contributed by atoms with Gasteiger partial charge in [-0.1, -0.05) is 6.42 Å². The lowest BCUT2D eigenvalue weighted by atomic mass is 10.0. The molecule has 156 valence electrons. The Morgan fingerprint density at radius 1 is 0.821 bits per heavy atom. The monoisotopic (exact) mass is 397 g/mol. The van der Waals surface area contributed by atoms with Crippen LogP contribution in [0.25, 0.3) is 0 Å². The third kappa shape index (κ3) is 9.31. The van der Waals surface area contributed by atoms with Gasteiger partial charge in [-0.3, -0.25) is 4.90 Å². The Bertz CT molecular complexity index is 621. The molecule has 0 aromatic rings. The molecule has 0 bridgehead atoms. The molecule has 1 atom stereocenters. The van der Waals surface area contributed by atoms with Gasteiger partial charge < -0.3 is 18.9 Å². The molecule has 0 saturated carbocycles. The average Bonchev–Trinajstić information content (AvgIpc) is 2.69. The highest BCUT2D eigenvalue weighted by Gasteiger charge is 2.33. The predicted molar refractivity (Wildman–Crippen MR) is 98.1 cm³/mol. The summed E-state index contributed by atoms with van der Waals surface area (Å²) >= 11 is 0. The fraction of sp³-hybridized carbons (Fsp3) is 0.579. The predicted octanol–water partition coefficient (Wildman–Crippen LogP) is 0.776. The van der Waals surface area contributed by atoms with E-state index in [2.05, 4.69) is 14.4 Å². The number of ether oxygens (including phenoxy) is 4. The molecule has 0 amide bonds. The van der Waals surface area contributed by atoms with Gasteiger partial charge in [0.05, 0.1) is 14.2 Å². The Hall–Kier alpha value is -2.68. The van der Waals surface area contributed by atoms with Crippen molar-refractivity contribution >= 4 is 23.9 Å². The Balaban J connectivity index is 2.75. The highest BCUT2D eigenvalue weighted by atomic mass is 16.6. The Kier molecular flexibility index (Phi) is 9.94. The van der Waals surface area contributed by atoms with E-state index in [4.69, 9.17) is 9.47 Å². The fourth-order valence-electron chi connectivity index (χ4n) is 2.65. The number of piperidine rings is 1. The Morgan fingerprint density at radius 2 is 1.32 bits per heavy atom. The van der Waals surface area contributed by atoms with Crippen LogP contribution in [0.3, 0.4) is 0 Å². The maximum absolute atomic E-state index is 12.1. The summed E-state index contributed by atoms with van der Waals surface area (Å²) in [5.74, 6) is -2.90. The SMILES string of the molecule is COC(=O)/C=C/C(=O)OC[C@](C)(CN1CCCCC1)OC(=O)/C=C/C(=O)OC. The lowest BCUT2D eigenvalue weighted by Crippen LogP contribution is -2.49. The fourth-order valence-corrected chi connectivity index (χ4v) is 2.65. The maximum atomic E-state index is 12.1. The normalized spacial score (nSPS) is 17.1. The van der Waals surface area contributed by atoms with Gasteiger partial charge in [0.15, 0.2) is 5.60 Å². The summed E-state index contributed by atoms with van der Waals surface area (Å²) in [5, 5.41) is 0. The molecular weight excluding hydrogens is 370 g/mol. The molecule has 9 nitrogen and oxygen atoms in total. The first-order valence-electron chi connectivity index (χ1n) is 8.92. The lowest BCUT2D eigenvalue weighted by molar-refractivity contribution is -0.167. The first kappa shape index (κ1) is 23.4. The van der Waals surface area contributed by atoms with E-state index >= 15 is 0 Å². The van der Waals surface area contributed by atoms with Crippen LogP contribution in [0.15, 0.2) is 24.3 Å². The van der Waals surface area contributed by atoms with Gasteiger partial charge in [0.2, 0.25) is 0 Å². The lowest BCUT2D eigenvalue weighted by Gasteiger charge is -2.36. The van der Waals surface area contributed by atoms with Gasteiger partial charge in [-0.05, 0) is 32.9 Å². The number of rotatable bonds is 9. The molecule has 0 radical (unpaired) electrons. The Labute approximate surface area is 164 Å². The second kappa shape index (κ2) is 11.9. The first-order chi connectivity index (χ1) is 13.3. The maximum Gasteiger partial charge on any atom is 0.331 e. The minimum Gasteiger partial charge on any atom is -0.466 e. The van der Waals surface area contributed by atoms with E-state index in [0.29, 0.717) is 6.54 Å². The first-order valence-corrected chi connectivity index (χ1v) is 8.92. The minimum atomic E-state index is -1.14. The van der Waals surface area contributed by atoms with Crippen molar-refractivity contribution < 1.29 is 38.1 Å². The number of hydrogen-bond acceptors (Lipinski definition) is 9. The third-order valence-electron chi connectivity index (χ3n) is 3.99. The summed E-state index contributed by atoms with van der Waals surface area (Å²) in [6.45, 7) is 3.48. The van der Waals surface area contributed by atoms with Crippen molar-refractivity contribution in [3.63, 3.8) is 0 Å². The van der Waals surface area contributed by atoms with Crippen LogP contribution >= 0.6 is 0 Å². The minimum absolute atomic E-state index is 0.217. The van der Waals surface area contributed by atoms with E-state index in [0.717, 1.165) is 56.7 Å². The third-order valence-corrected chi connectivity index (χ3v) is 3.99. The molecule has 9 heteroatoms. The van der Waals surface area contributed by atoms with E-state index in [1.54, 1.807) is 6.92 Å². The molecule has 0 aromatic heterocycles. The molecule has 0 aromatic carbocycles. The summed E-state index contributed by atoms with van der Waals surface area (Å²) in [5.41, 5.74) is -1.14. The van der Waals surface area contributed by atoms with Crippen LogP contribution < -0.4 is 0 Å². The van der Waals surface area contributed by atoms with Crippen LogP contribution in [-0.4, -0.2) is 74.8 Å². The van der Waals surface area contributed by atoms with Crippen molar-refractivity contribution in [2.45, 2.75) is 31.8 Å². The van der Waals surface area contributed by atoms with E-state index < -0.39 is 29.5 Å². The van der Waals surface area contributed by atoms with Crippen molar-refractivity contribution in [3.05, 3.63) is 24.3 Å². The number of carbonyl (C=O) groups is 4. The molecule has 0 unspecified atom stereocenters. The molecule has 1 aliphatic heterocycles. The van der Waals surface area contributed by atoms with Crippen molar-refractivity contribution in [2.24, 2.45) is 0 Å². The van der Waals surface area contributed by atoms with E-state index in [1.807, 2.05) is 0 Å². The zero-order valence-electron chi connectivity index (χ0n) is 16.5. The molecule has 0 spiro atoms. The van der Waals surface area contributed by atoms with Crippen molar-refractivity contribution in [3.8, 4) is 0 Å². The molecule has 1 aliphatic rings. The van der Waals surface area contributed by atoms with E-state index in [9.17, 15) is 19.2 Å². The molecule has 1 rings (SSSR count). The zero-order valence-corrected chi connectivity index (χ0v) is 16.5. The van der Waals surface area contributed by atoms with Gasteiger partial charge in [-0.25, -0.2) is 19.2 Å². The topological polar surface area (TPSA) is 108 Å². The van der Waals surface area contributed by atoms with Gasteiger partial charge in [0.1, 0.15) is 6.61 Å². The van der Waals surface area contributed by atoms with Crippen LogP contribution in [0.4, 0.5) is 0 Å². The van der Waals surface area contributed by atoms with Gasteiger partial charge in [0.25, 0.3) is 0 Å². The van der Waals surface area contributed by atoms with E-state index in [1.165, 1.54) is 14.2 Å². The molecule has 0 N–H and O–H groups in total. The van der Waals surface area contributed by atoms with Crippen LogP contribution in [0.2, 0.25) is 0 Å². The van der Waals surface area contributed by atoms with E-state index in [-0.39, 0.29) is 6.61 Å². The standard InChI is InChI=1S/C19H27NO8/c1-19(13-20-11-5-4-6-12-20,28-18(24)10-8-16(22)26-3)14-27-17(23)9-7-15(21)25-2/h7-10H,4-6,11-14H2,1-3H3/b9-7+,10-8+/t19-/m0/s1. The highest BCUT2D eigenvalue weighted by molar-refractivity contribution is 5.92. The van der Waals surface area contributed by atoms with Crippen LogP contribution in [0.1, 0.15) is 26.2 Å². The van der Waals surface area contributed by atoms with Crippen LogP contribution in [0, 0.1) is 0 Å². The number of nitrogens with zero attached hydrogens (tertiary/aromatic N) is 1. The zero-order chi connectivity index (χ0) is 21.0. The summed E-state index contributed by atoms with van der Waals surface area (Å²) < 4.78 is 19.4. The second-order valence-electron chi connectivity index (χ2n) is 6.53. The summed E-state index contributed by atoms with van der Waals surface area (Å²) in [6.07, 6.45) is 7.00. The number of likely N-dealkylation sites (tertiary alicyclic amines) is 1. The quantitative estimate of drug-likeness (QED) is 0.317. The molecule has 1 fully saturated rings. The van der Waals surface area contributed by atoms with Gasteiger partial charge in [-0.2, -0.15) is 0 Å². The second-order valence-corrected chi connectivity index (χ2v) is 6.53. The Morgan fingerprint density at radius 3 is 1.86 bits per heavy atom. The number of carbonyl (C=O) groups excluding carboxylic acids is 4. The summed E-state index contributed by atoms with van der Waals surface area (Å²) in [4.78, 5) is 48.2. The van der Waals surface area contributed by atoms with Gasteiger partial charge in [0, 0.05) is 30.8 Å². The molecule has 28 heavy (non-hydrogen) atoms. The summed E-state index contributed by atoms with van der Waals surface area (Å²) in [6, 6.07) is 0. The molecule has 1 heterocycles. The average molecular weight is 397 g/mol. The number of methoxy groups -OCH3 is 2. The van der Waals surface area contributed by atoms with Gasteiger partial charge >= 0.3 is 23.9 Å².